The van der Waals surface area contributed by atoms with Crippen LogP contribution in [-0.2, 0) is 14.3 Å². The number of aliphatic hydroxyl groups excluding tert-OH is 3. The Morgan fingerprint density at radius 1 is 1.32 bits per heavy atom. The van der Waals surface area contributed by atoms with E-state index in [-0.39, 0.29) is 11.9 Å². The third-order valence-electron chi connectivity index (χ3n) is 4.84. The number of amides is 1. The highest BCUT2D eigenvalue weighted by Crippen LogP contribution is 2.31. The summed E-state index contributed by atoms with van der Waals surface area (Å²) in [5.74, 6) is -1.65. The average Bonchev–Trinajstić information content (AvgIpc) is 2.92. The first-order valence-corrected chi connectivity index (χ1v) is 7.98. The molecule has 2 saturated heterocycles. The second kappa shape index (κ2) is 6.68. The number of aliphatic hydroxyl groups is 3. The van der Waals surface area contributed by atoms with Gasteiger partial charge in [0.05, 0.1) is 12.0 Å². The normalized spacial score (nSPS) is 35.8. The summed E-state index contributed by atoms with van der Waals surface area (Å²) in [7, 11) is 1.70. The van der Waals surface area contributed by atoms with Gasteiger partial charge >= 0.3 is 0 Å². The van der Waals surface area contributed by atoms with Crippen molar-refractivity contribution in [2.24, 2.45) is 0 Å². The molecule has 0 saturated carbocycles. The molecule has 2 fully saturated rings. The highest BCUT2D eigenvalue weighted by molar-refractivity contribution is 5.78. The maximum Gasteiger partial charge on any atom is 0.292 e. The van der Waals surface area contributed by atoms with Crippen LogP contribution in [0, 0.1) is 0 Å². The van der Waals surface area contributed by atoms with E-state index < -0.39 is 36.6 Å². The highest BCUT2D eigenvalue weighted by Gasteiger charge is 2.49. The largest absolute Gasteiger partial charge is 0.547 e. The van der Waals surface area contributed by atoms with Gasteiger partial charge < -0.3 is 34.9 Å². The van der Waals surface area contributed by atoms with Gasteiger partial charge in [0, 0.05) is 25.1 Å². The maximum absolute atomic E-state index is 11.7. The average molecular weight is 352 g/mol. The number of carboxylic acid groups (broad SMARTS) is 1. The van der Waals surface area contributed by atoms with Gasteiger partial charge in [-0.25, -0.2) is 0 Å². The van der Waals surface area contributed by atoms with E-state index in [2.05, 4.69) is 0 Å². The molecule has 0 bridgehead atoms. The van der Waals surface area contributed by atoms with E-state index in [4.69, 9.17) is 4.74 Å². The molecule has 2 aliphatic heterocycles. The van der Waals surface area contributed by atoms with Crippen LogP contribution in [0.5, 0.6) is 0 Å². The molecule has 6 atom stereocenters. The van der Waals surface area contributed by atoms with E-state index >= 15 is 0 Å². The van der Waals surface area contributed by atoms with Gasteiger partial charge in [0.1, 0.15) is 18.3 Å². The lowest BCUT2D eigenvalue weighted by Crippen LogP contribution is -2.65. The summed E-state index contributed by atoms with van der Waals surface area (Å²) in [5.41, 5.74) is 0.789. The van der Waals surface area contributed by atoms with Gasteiger partial charge in [-0.15, -0.1) is 0 Å². The third kappa shape index (κ3) is 3.11. The van der Waals surface area contributed by atoms with Crippen molar-refractivity contribution in [3.05, 3.63) is 30.1 Å². The molecule has 3 N–H and O–H groups in total. The van der Waals surface area contributed by atoms with Gasteiger partial charge in [-0.05, 0) is 12.5 Å². The van der Waals surface area contributed by atoms with E-state index in [0.717, 1.165) is 5.56 Å². The second-order valence-electron chi connectivity index (χ2n) is 6.38. The Labute approximate surface area is 143 Å². The molecule has 2 aliphatic rings. The number of aliphatic carboxylic acids is 1. The summed E-state index contributed by atoms with van der Waals surface area (Å²) in [6.45, 7) is 0. The topological polar surface area (TPSA) is 134 Å². The van der Waals surface area contributed by atoms with Crippen molar-refractivity contribution in [3.8, 4) is 0 Å². The van der Waals surface area contributed by atoms with Crippen LogP contribution in [0.1, 0.15) is 30.7 Å². The molecule has 136 valence electrons. The quantitative estimate of drug-likeness (QED) is 0.494. The number of carbonyl (C=O) groups is 2. The predicted octanol–water partition coefficient (Wildman–Crippen LogP) is -3.00. The molecular formula is C16H20N2O7. The number of ether oxygens (including phenoxy) is 1. The molecule has 0 spiro atoms. The van der Waals surface area contributed by atoms with E-state index in [1.807, 2.05) is 6.07 Å². The molecular weight excluding hydrogens is 332 g/mol. The number of aromatic nitrogens is 1. The molecule has 0 unspecified atom stereocenters. The Morgan fingerprint density at radius 3 is 2.64 bits per heavy atom. The second-order valence-corrected chi connectivity index (χ2v) is 6.38. The van der Waals surface area contributed by atoms with E-state index in [9.17, 15) is 30.0 Å². The van der Waals surface area contributed by atoms with Gasteiger partial charge in [0.15, 0.2) is 18.5 Å². The smallest absolute Gasteiger partial charge is 0.292 e. The third-order valence-corrected chi connectivity index (χ3v) is 4.84. The first-order valence-electron chi connectivity index (χ1n) is 7.98. The van der Waals surface area contributed by atoms with Crippen LogP contribution in [0.25, 0.3) is 0 Å². The number of likely N-dealkylation sites (tertiary alicyclic amines) is 1. The minimum absolute atomic E-state index is 0.0323. The fraction of sp³-hybridized carbons (Fsp3) is 0.562. The molecule has 25 heavy (non-hydrogen) atoms. The number of carbonyl (C=O) groups excluding carboxylic acids is 2. The summed E-state index contributed by atoms with van der Waals surface area (Å²) in [4.78, 5) is 24.4. The molecule has 1 aromatic rings. The number of rotatable bonds is 3. The van der Waals surface area contributed by atoms with Crippen molar-refractivity contribution >= 4 is 11.9 Å². The molecule has 9 nitrogen and oxygen atoms in total. The Kier molecular flexibility index (Phi) is 4.74. The number of carboxylic acids is 1. The van der Waals surface area contributed by atoms with Gasteiger partial charge in [0.25, 0.3) is 6.23 Å². The molecule has 1 amide bonds. The van der Waals surface area contributed by atoms with Crippen LogP contribution < -0.4 is 9.67 Å². The first-order chi connectivity index (χ1) is 11.8. The summed E-state index contributed by atoms with van der Waals surface area (Å²) >= 11 is 0. The number of nitrogens with zero attached hydrogens (tertiary/aromatic N) is 2. The van der Waals surface area contributed by atoms with Crippen LogP contribution in [0.2, 0.25) is 0 Å². The summed E-state index contributed by atoms with van der Waals surface area (Å²) < 4.78 is 6.67. The van der Waals surface area contributed by atoms with Gasteiger partial charge in [-0.1, -0.05) is 0 Å². The molecule has 3 heterocycles. The Hall–Kier alpha value is -2.07. The van der Waals surface area contributed by atoms with Crippen molar-refractivity contribution < 1.29 is 39.3 Å². The predicted molar refractivity (Wildman–Crippen MR) is 78.3 cm³/mol. The van der Waals surface area contributed by atoms with Crippen molar-refractivity contribution in [3.63, 3.8) is 0 Å². The minimum atomic E-state index is -1.79. The SMILES string of the molecule is CN1C(=O)CC[C@H]1c1ccc[n+]([C@H]2O[C@H](C(=O)[O-])[C@@H](O)[C@H](O)[C@H]2O)c1. The van der Waals surface area contributed by atoms with Crippen LogP contribution >= 0.6 is 0 Å². The number of hydrogen-bond acceptors (Lipinski definition) is 7. The van der Waals surface area contributed by atoms with Gasteiger partial charge in [-0.2, -0.15) is 4.57 Å². The Morgan fingerprint density at radius 2 is 2.04 bits per heavy atom. The number of hydrogen-bond donors (Lipinski definition) is 3. The zero-order chi connectivity index (χ0) is 18.3. The zero-order valence-corrected chi connectivity index (χ0v) is 13.6. The highest BCUT2D eigenvalue weighted by atomic mass is 16.6. The van der Waals surface area contributed by atoms with Gasteiger partial charge in [-0.3, -0.25) is 4.79 Å². The first kappa shape index (κ1) is 17.7. The summed E-state index contributed by atoms with van der Waals surface area (Å²) in [5, 5.41) is 40.9. The van der Waals surface area contributed by atoms with Crippen molar-refractivity contribution in [2.45, 2.75) is 49.5 Å². The molecule has 0 aromatic carbocycles. The van der Waals surface area contributed by atoms with E-state index in [1.165, 1.54) is 4.57 Å². The summed E-state index contributed by atoms with van der Waals surface area (Å²) in [6, 6.07) is 3.36. The molecule has 3 rings (SSSR count). The lowest BCUT2D eigenvalue weighted by atomic mass is 9.97. The minimum Gasteiger partial charge on any atom is -0.547 e. The monoisotopic (exact) mass is 352 g/mol. The van der Waals surface area contributed by atoms with Crippen LogP contribution in [0.3, 0.4) is 0 Å². The molecule has 0 radical (unpaired) electrons. The van der Waals surface area contributed by atoms with Crippen LogP contribution in [0.4, 0.5) is 0 Å². The Bertz CT molecular complexity index is 682. The fourth-order valence-electron chi connectivity index (χ4n) is 3.36. The standard InChI is InChI=1S/C16H20N2O7/c1-17-9(4-5-10(17)19)8-3-2-6-18(7-8)15-13(22)11(20)12(21)14(25-15)16(23)24/h2-3,6-7,9,11-15,20-22H,4-5H2,1H3/t9-,11-,12-,13+,14-,15-/m0/s1. The number of pyridine rings is 1. The van der Waals surface area contributed by atoms with Crippen molar-refractivity contribution in [2.75, 3.05) is 7.05 Å². The van der Waals surface area contributed by atoms with Crippen LogP contribution in [0.15, 0.2) is 24.5 Å². The van der Waals surface area contributed by atoms with Crippen molar-refractivity contribution in [1.82, 2.24) is 4.90 Å². The fourth-order valence-corrected chi connectivity index (χ4v) is 3.36. The lowest BCUT2D eigenvalue weighted by Gasteiger charge is -2.37. The van der Waals surface area contributed by atoms with Crippen LogP contribution in [-0.4, -0.2) is 63.6 Å². The summed E-state index contributed by atoms with van der Waals surface area (Å²) in [6.07, 6.45) is -3.75. The molecule has 9 heteroatoms. The Balaban J connectivity index is 1.89. The zero-order valence-electron chi connectivity index (χ0n) is 13.6. The molecule has 1 aromatic heterocycles. The van der Waals surface area contributed by atoms with E-state index in [0.29, 0.717) is 12.8 Å². The lowest BCUT2D eigenvalue weighted by molar-refractivity contribution is -0.777. The maximum atomic E-state index is 11.7. The van der Waals surface area contributed by atoms with E-state index in [1.54, 1.807) is 30.4 Å². The molecule has 0 aliphatic carbocycles. The van der Waals surface area contributed by atoms with Gasteiger partial charge in [0.2, 0.25) is 5.91 Å². The van der Waals surface area contributed by atoms with Crippen molar-refractivity contribution in [1.29, 1.82) is 0 Å².